The summed E-state index contributed by atoms with van der Waals surface area (Å²) in [4.78, 5) is 4.57. The van der Waals surface area contributed by atoms with Gasteiger partial charge in [0.25, 0.3) is 0 Å². The molecule has 0 saturated heterocycles. The maximum absolute atomic E-state index is 14.3. The van der Waals surface area contributed by atoms with Crippen LogP contribution in [0, 0.1) is 17.1 Å². The van der Waals surface area contributed by atoms with Crippen LogP contribution >= 0.6 is 0 Å². The summed E-state index contributed by atoms with van der Waals surface area (Å²) in [5.74, 6) is -0.364. The lowest BCUT2D eigenvalue weighted by Gasteiger charge is -2.13. The molecule has 8 heteroatoms. The van der Waals surface area contributed by atoms with Crippen molar-refractivity contribution < 1.29 is 22.3 Å². The van der Waals surface area contributed by atoms with Crippen LogP contribution in [0.3, 0.4) is 0 Å². The van der Waals surface area contributed by atoms with Crippen molar-refractivity contribution in [1.29, 1.82) is 5.26 Å². The molecule has 0 aliphatic carbocycles. The zero-order valence-corrected chi connectivity index (χ0v) is 16.7. The monoisotopic (exact) mass is 412 g/mol. The number of rotatable bonds is 5. The number of hydrogen-bond acceptors (Lipinski definition) is 6. The summed E-state index contributed by atoms with van der Waals surface area (Å²) in [6.07, 6.45) is 1.12. The average molecular weight is 412 g/mol. The molecule has 1 aromatic heterocycles. The van der Waals surface area contributed by atoms with Crippen molar-refractivity contribution in [3.63, 3.8) is 0 Å². The number of nitrogens with zero attached hydrogens (tertiary/aromatic N) is 2. The molecule has 0 fully saturated rings. The van der Waals surface area contributed by atoms with Gasteiger partial charge in [-0.1, -0.05) is 12.1 Å². The van der Waals surface area contributed by atoms with Crippen LogP contribution in [0.25, 0.3) is 22.4 Å². The Morgan fingerprint density at radius 2 is 1.66 bits per heavy atom. The summed E-state index contributed by atoms with van der Waals surface area (Å²) >= 11 is 0. The molecule has 0 saturated carbocycles. The molecular weight excluding hydrogens is 395 g/mol. The molecule has 0 bridgehead atoms. The first kappa shape index (κ1) is 20.3. The molecule has 0 amide bonds. The lowest BCUT2D eigenvalue weighted by molar-refractivity contribution is 0.386. The molecule has 6 nitrogen and oxygen atoms in total. The number of sulfone groups is 1. The lowest BCUT2D eigenvalue weighted by atomic mass is 9.97. The Labute approximate surface area is 168 Å². The van der Waals surface area contributed by atoms with Gasteiger partial charge in [0.2, 0.25) is 5.88 Å². The van der Waals surface area contributed by atoms with Crippen molar-refractivity contribution in [2.75, 3.05) is 20.5 Å². The van der Waals surface area contributed by atoms with E-state index in [-0.39, 0.29) is 22.1 Å². The standard InChI is InChI=1S/C21H17FN2O4S/c1-27-19-9-6-14(11-18(19)22)20-17(10-15(12-23)21(24-20)28-2)13-4-7-16(8-5-13)29(3,25)26/h4-11H,1-3H3. The topological polar surface area (TPSA) is 89.3 Å². The number of benzene rings is 2. The summed E-state index contributed by atoms with van der Waals surface area (Å²) in [6.45, 7) is 0. The molecule has 1 heterocycles. The minimum absolute atomic E-state index is 0.0911. The summed E-state index contributed by atoms with van der Waals surface area (Å²) < 4.78 is 47.9. The Morgan fingerprint density at radius 1 is 1.00 bits per heavy atom. The molecule has 0 atom stereocenters. The van der Waals surface area contributed by atoms with Crippen LogP contribution < -0.4 is 9.47 Å². The Hall–Kier alpha value is -3.44. The number of pyridine rings is 1. The Kier molecular flexibility index (Phi) is 5.52. The van der Waals surface area contributed by atoms with Gasteiger partial charge >= 0.3 is 0 Å². The second kappa shape index (κ2) is 7.89. The highest BCUT2D eigenvalue weighted by atomic mass is 32.2. The molecule has 2 aromatic carbocycles. The fourth-order valence-electron chi connectivity index (χ4n) is 2.87. The van der Waals surface area contributed by atoms with E-state index >= 15 is 0 Å². The molecule has 0 radical (unpaired) electrons. The quantitative estimate of drug-likeness (QED) is 0.632. The van der Waals surface area contributed by atoms with E-state index in [4.69, 9.17) is 9.47 Å². The van der Waals surface area contributed by atoms with Crippen molar-refractivity contribution in [2.24, 2.45) is 0 Å². The molecule has 3 rings (SSSR count). The third kappa shape index (κ3) is 4.05. The number of aromatic nitrogens is 1. The molecule has 0 N–H and O–H groups in total. The number of hydrogen-bond donors (Lipinski definition) is 0. The molecule has 0 aliphatic rings. The van der Waals surface area contributed by atoms with Crippen LogP contribution in [0.2, 0.25) is 0 Å². The number of methoxy groups -OCH3 is 2. The van der Waals surface area contributed by atoms with Crippen LogP contribution in [0.4, 0.5) is 4.39 Å². The van der Waals surface area contributed by atoms with Gasteiger partial charge < -0.3 is 9.47 Å². The fourth-order valence-corrected chi connectivity index (χ4v) is 3.50. The lowest BCUT2D eigenvalue weighted by Crippen LogP contribution is -1.99. The minimum atomic E-state index is -3.35. The first-order chi connectivity index (χ1) is 13.8. The second-order valence-electron chi connectivity index (χ2n) is 6.20. The normalized spacial score (nSPS) is 11.0. The smallest absolute Gasteiger partial charge is 0.232 e. The highest BCUT2D eigenvalue weighted by Crippen LogP contribution is 2.36. The molecule has 148 valence electrons. The van der Waals surface area contributed by atoms with Gasteiger partial charge in [-0.15, -0.1) is 0 Å². The van der Waals surface area contributed by atoms with Crippen molar-refractivity contribution in [1.82, 2.24) is 4.98 Å². The Morgan fingerprint density at radius 3 is 2.17 bits per heavy atom. The van der Waals surface area contributed by atoms with Crippen molar-refractivity contribution in [3.8, 4) is 40.1 Å². The predicted octanol–water partition coefficient (Wildman–Crippen LogP) is 3.85. The predicted molar refractivity (Wildman–Crippen MR) is 106 cm³/mol. The molecule has 0 aliphatic heterocycles. The first-order valence-corrected chi connectivity index (χ1v) is 10.3. The third-order valence-electron chi connectivity index (χ3n) is 4.32. The number of halogens is 1. The van der Waals surface area contributed by atoms with Gasteiger partial charge in [0.15, 0.2) is 21.4 Å². The van der Waals surface area contributed by atoms with Gasteiger partial charge in [-0.05, 0) is 42.0 Å². The van der Waals surface area contributed by atoms with Gasteiger partial charge in [-0.2, -0.15) is 5.26 Å². The maximum atomic E-state index is 14.3. The van der Waals surface area contributed by atoms with E-state index in [1.165, 1.54) is 38.5 Å². The summed E-state index contributed by atoms with van der Waals surface area (Å²) in [6, 6.07) is 14.2. The molecule has 0 spiro atoms. The van der Waals surface area contributed by atoms with Crippen molar-refractivity contribution in [2.45, 2.75) is 4.90 Å². The van der Waals surface area contributed by atoms with Crippen molar-refractivity contribution >= 4 is 9.84 Å². The average Bonchev–Trinajstić information content (AvgIpc) is 2.72. The van der Waals surface area contributed by atoms with Crippen LogP contribution in [-0.4, -0.2) is 33.9 Å². The largest absolute Gasteiger partial charge is 0.494 e. The van der Waals surface area contributed by atoms with Gasteiger partial charge in [0.05, 0.1) is 24.8 Å². The Balaban J connectivity index is 2.25. The van der Waals surface area contributed by atoms with Gasteiger partial charge in [-0.3, -0.25) is 0 Å². The molecule has 3 aromatic rings. The van der Waals surface area contributed by atoms with E-state index in [0.717, 1.165) is 6.26 Å². The third-order valence-corrected chi connectivity index (χ3v) is 5.45. The summed E-state index contributed by atoms with van der Waals surface area (Å²) in [5, 5.41) is 9.42. The number of nitriles is 1. The van der Waals surface area contributed by atoms with Gasteiger partial charge in [-0.25, -0.2) is 17.8 Å². The van der Waals surface area contributed by atoms with Crippen molar-refractivity contribution in [3.05, 3.63) is 59.9 Å². The SMILES string of the molecule is COc1ccc(-c2nc(OC)c(C#N)cc2-c2ccc(S(C)(=O)=O)cc2)cc1F. The Bertz CT molecular complexity index is 1220. The second-order valence-corrected chi connectivity index (χ2v) is 8.21. The summed E-state index contributed by atoms with van der Waals surface area (Å²) in [7, 11) is -0.590. The highest BCUT2D eigenvalue weighted by Gasteiger charge is 2.18. The van der Waals surface area contributed by atoms with E-state index in [9.17, 15) is 18.1 Å². The zero-order chi connectivity index (χ0) is 21.2. The zero-order valence-electron chi connectivity index (χ0n) is 15.9. The van der Waals surface area contributed by atoms with Crippen LogP contribution in [0.15, 0.2) is 53.4 Å². The van der Waals surface area contributed by atoms with E-state index in [2.05, 4.69) is 4.98 Å². The van der Waals surface area contributed by atoms with Crippen LogP contribution in [-0.2, 0) is 9.84 Å². The minimum Gasteiger partial charge on any atom is -0.494 e. The molecule has 0 unspecified atom stereocenters. The van der Waals surface area contributed by atoms with E-state index in [1.54, 1.807) is 24.3 Å². The maximum Gasteiger partial charge on any atom is 0.232 e. The first-order valence-electron chi connectivity index (χ1n) is 8.42. The van der Waals surface area contributed by atoms with E-state index in [0.29, 0.717) is 22.4 Å². The molecular formula is C21H17FN2O4S. The fraction of sp³-hybridized carbons (Fsp3) is 0.143. The molecule has 29 heavy (non-hydrogen) atoms. The van der Waals surface area contributed by atoms with E-state index in [1.807, 2.05) is 6.07 Å². The van der Waals surface area contributed by atoms with Gasteiger partial charge in [0.1, 0.15) is 11.6 Å². The van der Waals surface area contributed by atoms with Gasteiger partial charge in [0, 0.05) is 17.4 Å². The highest BCUT2D eigenvalue weighted by molar-refractivity contribution is 7.90. The number of ether oxygens (including phenoxy) is 2. The van der Waals surface area contributed by atoms with E-state index < -0.39 is 15.7 Å². The van der Waals surface area contributed by atoms with Crippen LogP contribution in [0.1, 0.15) is 5.56 Å². The summed E-state index contributed by atoms with van der Waals surface area (Å²) in [5.41, 5.74) is 2.19. The van der Waals surface area contributed by atoms with Crippen LogP contribution in [0.5, 0.6) is 11.6 Å².